The second-order valence-electron chi connectivity index (χ2n) is 7.73. The summed E-state index contributed by atoms with van der Waals surface area (Å²) in [6.07, 6.45) is 8.75. The summed E-state index contributed by atoms with van der Waals surface area (Å²) in [5.41, 5.74) is 6.78. The zero-order chi connectivity index (χ0) is 20.9. The summed E-state index contributed by atoms with van der Waals surface area (Å²) in [5.74, 6) is -0.0915. The molecule has 0 bridgehead atoms. The number of hydrogen-bond acceptors (Lipinski definition) is 2. The third-order valence-electron chi connectivity index (χ3n) is 5.40. The summed E-state index contributed by atoms with van der Waals surface area (Å²) in [7, 11) is 0. The normalized spacial score (nSPS) is 11.0. The first-order chi connectivity index (χ1) is 14.6. The van der Waals surface area contributed by atoms with Crippen molar-refractivity contribution in [3.63, 3.8) is 0 Å². The van der Waals surface area contributed by atoms with Gasteiger partial charge in [0.05, 0.1) is 5.69 Å². The molecular weight excluding hydrogens is 370 g/mol. The van der Waals surface area contributed by atoms with Crippen LogP contribution >= 0.6 is 0 Å². The van der Waals surface area contributed by atoms with Gasteiger partial charge in [-0.2, -0.15) is 0 Å². The number of carbonyl (C=O) groups excluding carboxylic acids is 1. The lowest BCUT2D eigenvalue weighted by Crippen LogP contribution is -2.11. The molecule has 0 aliphatic heterocycles. The van der Waals surface area contributed by atoms with Crippen molar-refractivity contribution < 1.29 is 4.79 Å². The van der Waals surface area contributed by atoms with E-state index in [9.17, 15) is 4.79 Å². The van der Waals surface area contributed by atoms with Crippen molar-refractivity contribution >= 4 is 17.2 Å². The van der Waals surface area contributed by atoms with E-state index in [0.29, 0.717) is 5.56 Å². The van der Waals surface area contributed by atoms with Crippen molar-refractivity contribution in [1.29, 1.82) is 0 Å². The Morgan fingerprint density at radius 2 is 1.77 bits per heavy atom. The Kier molecular flexibility index (Phi) is 5.94. The summed E-state index contributed by atoms with van der Waals surface area (Å²) in [5, 5.41) is 2.98. The van der Waals surface area contributed by atoms with E-state index in [1.165, 1.54) is 24.8 Å². The lowest BCUT2D eigenvalue weighted by atomic mass is 10.0. The van der Waals surface area contributed by atoms with Crippen LogP contribution in [0.2, 0.25) is 0 Å². The smallest absolute Gasteiger partial charge is 0.255 e. The standard InChI is InChI=1S/C26H27N3O/c1-3-4-5-8-20-9-11-22(12-10-20)26(30)27-23-15-13-21(14-16-23)24-18-29-17-6-7-19(2)25(29)28-24/h6-7,9-18H,3-5,8H2,1-2H3,(H,27,30). The lowest BCUT2D eigenvalue weighted by Gasteiger charge is -2.07. The van der Waals surface area contributed by atoms with Crippen LogP contribution in [0.5, 0.6) is 0 Å². The molecule has 4 nitrogen and oxygen atoms in total. The fourth-order valence-electron chi connectivity index (χ4n) is 3.62. The van der Waals surface area contributed by atoms with Crippen molar-refractivity contribution in [2.45, 2.75) is 39.5 Å². The molecule has 4 aromatic rings. The van der Waals surface area contributed by atoms with Gasteiger partial charge in [-0.25, -0.2) is 4.98 Å². The van der Waals surface area contributed by atoms with Crippen LogP contribution in [0.15, 0.2) is 73.1 Å². The molecule has 2 heterocycles. The van der Waals surface area contributed by atoms with E-state index >= 15 is 0 Å². The van der Waals surface area contributed by atoms with Crippen molar-refractivity contribution in [3.05, 3.63) is 89.7 Å². The molecule has 0 saturated heterocycles. The highest BCUT2D eigenvalue weighted by molar-refractivity contribution is 6.04. The number of aromatic nitrogens is 2. The molecule has 0 aliphatic rings. The van der Waals surface area contributed by atoms with Gasteiger partial charge in [-0.3, -0.25) is 4.79 Å². The topological polar surface area (TPSA) is 46.4 Å². The highest BCUT2D eigenvalue weighted by Crippen LogP contribution is 2.23. The van der Waals surface area contributed by atoms with Crippen molar-refractivity contribution in [1.82, 2.24) is 9.38 Å². The molecule has 1 N–H and O–H groups in total. The highest BCUT2D eigenvalue weighted by atomic mass is 16.1. The quantitative estimate of drug-likeness (QED) is 0.372. The van der Waals surface area contributed by atoms with E-state index < -0.39 is 0 Å². The van der Waals surface area contributed by atoms with Crippen molar-refractivity contribution in [2.24, 2.45) is 0 Å². The third kappa shape index (κ3) is 4.43. The van der Waals surface area contributed by atoms with Gasteiger partial charge < -0.3 is 9.72 Å². The minimum absolute atomic E-state index is 0.0915. The molecular formula is C26H27N3O. The number of nitrogens with zero attached hydrogens (tertiary/aromatic N) is 2. The largest absolute Gasteiger partial charge is 0.322 e. The predicted molar refractivity (Wildman–Crippen MR) is 123 cm³/mol. The van der Waals surface area contributed by atoms with Crippen LogP contribution in [-0.2, 0) is 6.42 Å². The van der Waals surface area contributed by atoms with Gasteiger partial charge in [-0.05, 0) is 61.2 Å². The van der Waals surface area contributed by atoms with Gasteiger partial charge in [0, 0.05) is 29.2 Å². The van der Waals surface area contributed by atoms with Crippen LogP contribution in [0.4, 0.5) is 5.69 Å². The summed E-state index contributed by atoms with van der Waals surface area (Å²) in [6, 6.07) is 19.8. The van der Waals surface area contributed by atoms with E-state index in [1.54, 1.807) is 0 Å². The molecule has 2 aromatic carbocycles. The van der Waals surface area contributed by atoms with Crippen LogP contribution < -0.4 is 5.32 Å². The van der Waals surface area contributed by atoms with E-state index in [0.717, 1.165) is 34.6 Å². The number of unbranched alkanes of at least 4 members (excludes halogenated alkanes) is 2. The number of imidazole rings is 1. The van der Waals surface area contributed by atoms with Crippen molar-refractivity contribution in [2.75, 3.05) is 5.32 Å². The van der Waals surface area contributed by atoms with Gasteiger partial charge in [0.15, 0.2) is 0 Å². The van der Waals surface area contributed by atoms with Gasteiger partial charge in [-0.1, -0.05) is 50.1 Å². The fourth-order valence-corrected chi connectivity index (χ4v) is 3.62. The summed E-state index contributed by atoms with van der Waals surface area (Å²) >= 11 is 0. The monoisotopic (exact) mass is 397 g/mol. The molecule has 0 spiro atoms. The number of carbonyl (C=O) groups is 1. The first kappa shape index (κ1) is 19.9. The SMILES string of the molecule is CCCCCc1ccc(C(=O)Nc2ccc(-c3cn4cccc(C)c4n3)cc2)cc1. The van der Waals surface area contributed by atoms with Crippen molar-refractivity contribution in [3.8, 4) is 11.3 Å². The molecule has 0 unspecified atom stereocenters. The molecule has 0 radical (unpaired) electrons. The number of fused-ring (bicyclic) bond motifs is 1. The Morgan fingerprint density at radius 3 is 2.47 bits per heavy atom. The van der Waals surface area contributed by atoms with Crippen LogP contribution in [0.3, 0.4) is 0 Å². The predicted octanol–water partition coefficient (Wildman–Crippen LogP) is 6.29. The van der Waals surface area contributed by atoms with E-state index in [4.69, 9.17) is 4.98 Å². The second kappa shape index (κ2) is 8.95. The second-order valence-corrected chi connectivity index (χ2v) is 7.73. The molecule has 30 heavy (non-hydrogen) atoms. The molecule has 0 fully saturated rings. The molecule has 1 amide bonds. The van der Waals surface area contributed by atoms with Gasteiger partial charge in [0.1, 0.15) is 5.65 Å². The summed E-state index contributed by atoms with van der Waals surface area (Å²) < 4.78 is 2.03. The number of benzene rings is 2. The molecule has 152 valence electrons. The Balaban J connectivity index is 1.42. The maximum absolute atomic E-state index is 12.6. The van der Waals surface area contributed by atoms with E-state index in [-0.39, 0.29) is 5.91 Å². The maximum atomic E-state index is 12.6. The third-order valence-corrected chi connectivity index (χ3v) is 5.40. The maximum Gasteiger partial charge on any atom is 0.255 e. The summed E-state index contributed by atoms with van der Waals surface area (Å²) in [4.78, 5) is 17.3. The minimum atomic E-state index is -0.0915. The number of pyridine rings is 1. The number of anilines is 1. The fraction of sp³-hybridized carbons (Fsp3) is 0.231. The number of nitrogens with one attached hydrogen (secondary N) is 1. The number of hydrogen-bond donors (Lipinski definition) is 1. The van der Waals surface area contributed by atoms with Crippen LogP contribution in [0, 0.1) is 6.92 Å². The van der Waals surface area contributed by atoms with Gasteiger partial charge >= 0.3 is 0 Å². The Hall–Kier alpha value is -3.40. The van der Waals surface area contributed by atoms with E-state index in [2.05, 4.69) is 37.4 Å². The van der Waals surface area contributed by atoms with E-state index in [1.807, 2.05) is 59.3 Å². The minimum Gasteiger partial charge on any atom is -0.322 e. The average Bonchev–Trinajstić information content (AvgIpc) is 3.21. The first-order valence-electron chi connectivity index (χ1n) is 10.6. The van der Waals surface area contributed by atoms with Crippen LogP contribution in [-0.4, -0.2) is 15.3 Å². The molecule has 0 saturated carbocycles. The number of amides is 1. The summed E-state index contributed by atoms with van der Waals surface area (Å²) in [6.45, 7) is 4.26. The zero-order valence-electron chi connectivity index (χ0n) is 17.6. The first-order valence-corrected chi connectivity index (χ1v) is 10.6. The van der Waals surface area contributed by atoms with Crippen LogP contribution in [0.25, 0.3) is 16.9 Å². The Morgan fingerprint density at radius 1 is 1.00 bits per heavy atom. The molecule has 0 atom stereocenters. The molecule has 4 rings (SSSR count). The number of aryl methyl sites for hydroxylation is 2. The lowest BCUT2D eigenvalue weighted by molar-refractivity contribution is 0.102. The molecule has 4 heteroatoms. The van der Waals surface area contributed by atoms with Gasteiger partial charge in [-0.15, -0.1) is 0 Å². The van der Waals surface area contributed by atoms with Crippen LogP contribution in [0.1, 0.15) is 47.7 Å². The zero-order valence-corrected chi connectivity index (χ0v) is 17.6. The Bertz CT molecular complexity index is 1140. The van der Waals surface area contributed by atoms with Gasteiger partial charge in [0.25, 0.3) is 5.91 Å². The molecule has 0 aliphatic carbocycles. The average molecular weight is 398 g/mol. The van der Waals surface area contributed by atoms with Gasteiger partial charge in [0.2, 0.25) is 0 Å². The number of rotatable bonds is 7. The highest BCUT2D eigenvalue weighted by Gasteiger charge is 2.09. The Labute approximate surface area is 177 Å². The molecule has 2 aromatic heterocycles.